The van der Waals surface area contributed by atoms with E-state index in [2.05, 4.69) is 36.2 Å². The molecule has 2 aromatic heterocycles. The third-order valence-corrected chi connectivity index (χ3v) is 5.21. The predicted molar refractivity (Wildman–Crippen MR) is 120 cm³/mol. The standard InChI is InChI=1S/C22H15BrFN5O2/c1-29(12-31)19-6-5-14(8-17(19)24)18-9-16(13-3-2-4-15(23)7-13)20-21(27-11-30)25-10-26-22(20)28-18/h2-12H,1H3,(H,25,26,27,28,30). The van der Waals surface area contributed by atoms with Crippen molar-refractivity contribution in [3.05, 3.63) is 65.1 Å². The minimum absolute atomic E-state index is 0.159. The van der Waals surface area contributed by atoms with Gasteiger partial charge in [-0.15, -0.1) is 0 Å². The van der Waals surface area contributed by atoms with Crippen LogP contribution in [-0.4, -0.2) is 34.8 Å². The minimum atomic E-state index is -0.552. The lowest BCUT2D eigenvalue weighted by molar-refractivity contribution is -0.107. The molecule has 31 heavy (non-hydrogen) atoms. The Morgan fingerprint density at radius 2 is 1.90 bits per heavy atom. The molecule has 0 aliphatic rings. The second-order valence-electron chi connectivity index (χ2n) is 6.63. The summed E-state index contributed by atoms with van der Waals surface area (Å²) in [5, 5.41) is 3.15. The fourth-order valence-electron chi connectivity index (χ4n) is 3.27. The summed E-state index contributed by atoms with van der Waals surface area (Å²) in [5.41, 5.74) is 3.07. The van der Waals surface area contributed by atoms with Crippen molar-refractivity contribution < 1.29 is 14.0 Å². The number of nitrogens with one attached hydrogen (secondary N) is 1. The summed E-state index contributed by atoms with van der Waals surface area (Å²) in [6.07, 6.45) is 2.38. The minimum Gasteiger partial charge on any atom is -0.315 e. The quantitative estimate of drug-likeness (QED) is 0.413. The van der Waals surface area contributed by atoms with Gasteiger partial charge in [0.25, 0.3) is 0 Å². The van der Waals surface area contributed by atoms with E-state index < -0.39 is 5.82 Å². The molecule has 7 nitrogen and oxygen atoms in total. The van der Waals surface area contributed by atoms with Crippen molar-refractivity contribution in [2.45, 2.75) is 0 Å². The summed E-state index contributed by atoms with van der Waals surface area (Å²) in [6.45, 7) is 0. The third-order valence-electron chi connectivity index (χ3n) is 4.72. The van der Waals surface area contributed by atoms with Crippen molar-refractivity contribution in [3.63, 3.8) is 0 Å². The lowest BCUT2D eigenvalue weighted by atomic mass is 9.99. The molecule has 2 amide bonds. The van der Waals surface area contributed by atoms with Crippen molar-refractivity contribution in [1.82, 2.24) is 15.0 Å². The Hall–Kier alpha value is -3.72. The van der Waals surface area contributed by atoms with E-state index in [4.69, 9.17) is 0 Å². The Balaban J connectivity index is 1.97. The first-order chi connectivity index (χ1) is 15.0. The second-order valence-corrected chi connectivity index (χ2v) is 7.55. The fraction of sp³-hybridized carbons (Fsp3) is 0.0455. The van der Waals surface area contributed by atoms with E-state index in [9.17, 15) is 14.0 Å². The number of hydrogen-bond acceptors (Lipinski definition) is 5. The van der Waals surface area contributed by atoms with Gasteiger partial charge in [0.05, 0.1) is 16.8 Å². The molecule has 0 aliphatic carbocycles. The van der Waals surface area contributed by atoms with E-state index in [-0.39, 0.29) is 5.69 Å². The molecule has 0 spiro atoms. The van der Waals surface area contributed by atoms with Crippen LogP contribution in [0.4, 0.5) is 15.9 Å². The Morgan fingerprint density at radius 3 is 2.61 bits per heavy atom. The van der Waals surface area contributed by atoms with Crippen molar-refractivity contribution in [2.75, 3.05) is 17.3 Å². The summed E-state index contributed by atoms with van der Waals surface area (Å²) in [5.74, 6) is -0.229. The Morgan fingerprint density at radius 1 is 1.06 bits per heavy atom. The van der Waals surface area contributed by atoms with E-state index in [0.717, 1.165) is 20.5 Å². The van der Waals surface area contributed by atoms with E-state index in [1.54, 1.807) is 12.1 Å². The van der Waals surface area contributed by atoms with Gasteiger partial charge in [0.1, 0.15) is 18.0 Å². The number of halogens is 2. The zero-order chi connectivity index (χ0) is 22.0. The maximum atomic E-state index is 14.6. The van der Waals surface area contributed by atoms with E-state index in [1.807, 2.05) is 24.3 Å². The Labute approximate surface area is 185 Å². The highest BCUT2D eigenvalue weighted by Crippen LogP contribution is 2.36. The average molecular weight is 480 g/mol. The number of carbonyl (C=O) groups excluding carboxylic acids is 2. The van der Waals surface area contributed by atoms with Crippen LogP contribution < -0.4 is 10.2 Å². The van der Waals surface area contributed by atoms with Crippen LogP contribution in [0, 0.1) is 5.82 Å². The first-order valence-electron chi connectivity index (χ1n) is 9.11. The summed E-state index contributed by atoms with van der Waals surface area (Å²) < 4.78 is 15.5. The van der Waals surface area contributed by atoms with Gasteiger partial charge in [-0.25, -0.2) is 19.3 Å². The number of carbonyl (C=O) groups is 2. The molecule has 1 N–H and O–H groups in total. The zero-order valence-electron chi connectivity index (χ0n) is 16.2. The predicted octanol–water partition coefficient (Wildman–Crippen LogP) is 4.42. The topological polar surface area (TPSA) is 88.1 Å². The van der Waals surface area contributed by atoms with Crippen molar-refractivity contribution in [1.29, 1.82) is 0 Å². The van der Waals surface area contributed by atoms with Crippen molar-refractivity contribution >= 4 is 51.3 Å². The molecule has 0 bridgehead atoms. The lowest BCUT2D eigenvalue weighted by Gasteiger charge is -2.14. The average Bonchev–Trinajstić information content (AvgIpc) is 2.78. The summed E-state index contributed by atoms with van der Waals surface area (Å²) in [4.78, 5) is 36.2. The smallest absolute Gasteiger partial charge is 0.213 e. The summed E-state index contributed by atoms with van der Waals surface area (Å²) in [6, 6.07) is 13.9. The van der Waals surface area contributed by atoms with E-state index >= 15 is 0 Å². The molecule has 4 aromatic rings. The highest BCUT2D eigenvalue weighted by molar-refractivity contribution is 9.10. The van der Waals surface area contributed by atoms with Gasteiger partial charge in [-0.2, -0.15) is 0 Å². The summed E-state index contributed by atoms with van der Waals surface area (Å²) in [7, 11) is 1.48. The highest BCUT2D eigenvalue weighted by Gasteiger charge is 2.16. The summed E-state index contributed by atoms with van der Waals surface area (Å²) >= 11 is 3.47. The Bertz CT molecular complexity index is 1310. The first kappa shape index (κ1) is 20.5. The number of amides is 2. The number of benzene rings is 2. The van der Waals surface area contributed by atoms with Gasteiger partial charge in [0, 0.05) is 17.1 Å². The van der Waals surface area contributed by atoms with Gasteiger partial charge in [0.15, 0.2) is 5.65 Å². The van der Waals surface area contributed by atoms with Gasteiger partial charge in [0.2, 0.25) is 12.8 Å². The molecule has 2 heterocycles. The van der Waals surface area contributed by atoms with Gasteiger partial charge in [-0.05, 0) is 41.5 Å². The van der Waals surface area contributed by atoms with Crippen LogP contribution in [0.5, 0.6) is 0 Å². The maximum Gasteiger partial charge on any atom is 0.213 e. The molecule has 0 fully saturated rings. The van der Waals surface area contributed by atoms with E-state index in [0.29, 0.717) is 40.9 Å². The van der Waals surface area contributed by atoms with Crippen LogP contribution in [0.1, 0.15) is 0 Å². The van der Waals surface area contributed by atoms with Gasteiger partial charge < -0.3 is 10.2 Å². The number of aromatic nitrogens is 3. The van der Waals surface area contributed by atoms with Gasteiger partial charge in [-0.3, -0.25) is 9.59 Å². The third kappa shape index (κ3) is 3.99. The van der Waals surface area contributed by atoms with E-state index in [1.165, 1.54) is 25.5 Å². The molecule has 0 atom stereocenters. The highest BCUT2D eigenvalue weighted by atomic mass is 79.9. The molecule has 0 radical (unpaired) electrons. The van der Waals surface area contributed by atoms with Crippen molar-refractivity contribution in [3.8, 4) is 22.4 Å². The zero-order valence-corrected chi connectivity index (χ0v) is 17.8. The van der Waals surface area contributed by atoms with Crippen LogP contribution in [0.2, 0.25) is 0 Å². The molecular formula is C22H15BrFN5O2. The maximum absolute atomic E-state index is 14.6. The molecule has 9 heteroatoms. The molecule has 0 unspecified atom stereocenters. The molecule has 0 saturated carbocycles. The Kier molecular flexibility index (Phi) is 5.68. The first-order valence-corrected chi connectivity index (χ1v) is 9.91. The van der Waals surface area contributed by atoms with Crippen LogP contribution in [0.3, 0.4) is 0 Å². The van der Waals surface area contributed by atoms with Crippen LogP contribution in [0.15, 0.2) is 59.3 Å². The van der Waals surface area contributed by atoms with Crippen LogP contribution in [-0.2, 0) is 9.59 Å². The number of pyridine rings is 1. The molecular weight excluding hydrogens is 465 g/mol. The molecule has 4 rings (SSSR count). The molecule has 0 aliphatic heterocycles. The molecule has 154 valence electrons. The molecule has 2 aromatic carbocycles. The van der Waals surface area contributed by atoms with Crippen molar-refractivity contribution in [2.24, 2.45) is 0 Å². The monoisotopic (exact) mass is 479 g/mol. The number of nitrogens with zero attached hydrogens (tertiary/aromatic N) is 4. The van der Waals surface area contributed by atoms with Crippen LogP contribution in [0.25, 0.3) is 33.4 Å². The van der Waals surface area contributed by atoms with Gasteiger partial charge >= 0.3 is 0 Å². The number of fused-ring (bicyclic) bond motifs is 1. The number of rotatable bonds is 6. The SMILES string of the molecule is CN(C=O)c1ccc(-c2cc(-c3cccc(Br)c3)c3c(NC=O)ncnc3n2)cc1F. The normalized spacial score (nSPS) is 10.7. The number of hydrogen-bond donors (Lipinski definition) is 1. The lowest BCUT2D eigenvalue weighted by Crippen LogP contribution is -2.15. The van der Waals surface area contributed by atoms with Crippen LogP contribution >= 0.6 is 15.9 Å². The number of anilines is 2. The second kappa shape index (κ2) is 8.57. The largest absolute Gasteiger partial charge is 0.315 e. The van der Waals surface area contributed by atoms with Gasteiger partial charge in [-0.1, -0.05) is 34.1 Å². The molecule has 0 saturated heterocycles. The fourth-order valence-corrected chi connectivity index (χ4v) is 3.67.